The molecule has 68 valence electrons. The summed E-state index contributed by atoms with van der Waals surface area (Å²) in [5.74, 6) is 0. The molecular weight excluding hydrogens is 240 g/mol. The van der Waals surface area contributed by atoms with Crippen molar-refractivity contribution in [1.29, 1.82) is 0 Å². The summed E-state index contributed by atoms with van der Waals surface area (Å²) in [6.45, 7) is 0.523. The molecule has 0 aliphatic carbocycles. The van der Waals surface area contributed by atoms with Gasteiger partial charge in [0.25, 0.3) is 5.69 Å². The lowest BCUT2D eigenvalue weighted by atomic mass is 10.2. The summed E-state index contributed by atoms with van der Waals surface area (Å²) < 4.78 is 5.54. The molecule has 0 N–H and O–H groups in total. The van der Waals surface area contributed by atoms with Crippen LogP contribution in [0.15, 0.2) is 16.7 Å². The van der Waals surface area contributed by atoms with Crippen LogP contribution in [-0.4, -0.2) is 16.5 Å². The first-order valence-corrected chi connectivity index (χ1v) is 4.39. The lowest BCUT2D eigenvalue weighted by molar-refractivity contribution is -0.386. The van der Waals surface area contributed by atoms with Crippen molar-refractivity contribution in [3.05, 3.63) is 32.5 Å². The molecule has 1 aliphatic rings. The summed E-state index contributed by atoms with van der Waals surface area (Å²) in [7, 11) is 0. The third-order valence-corrected chi connectivity index (χ3v) is 2.13. The van der Waals surface area contributed by atoms with E-state index >= 15 is 0 Å². The average Bonchev–Trinajstić information content (AvgIpc) is 2.87. The first kappa shape index (κ1) is 8.58. The number of pyridine rings is 1. The highest BCUT2D eigenvalue weighted by molar-refractivity contribution is 9.10. The highest BCUT2D eigenvalue weighted by Gasteiger charge is 2.33. The van der Waals surface area contributed by atoms with E-state index in [0.29, 0.717) is 16.8 Å². The Labute approximate surface area is 82.0 Å². The normalized spacial score (nSPS) is 19.9. The molecule has 6 heteroatoms. The van der Waals surface area contributed by atoms with Crippen molar-refractivity contribution in [1.82, 2.24) is 4.98 Å². The number of hydrogen-bond donors (Lipinski definition) is 0. The molecule has 13 heavy (non-hydrogen) atoms. The Kier molecular flexibility index (Phi) is 2.01. The highest BCUT2D eigenvalue weighted by Crippen LogP contribution is 2.35. The minimum atomic E-state index is -0.450. The number of hydrogen-bond acceptors (Lipinski definition) is 4. The second-order valence-corrected chi connectivity index (χ2v) is 3.55. The van der Waals surface area contributed by atoms with Gasteiger partial charge in [0.05, 0.1) is 11.5 Å². The molecule has 1 atom stereocenters. The summed E-state index contributed by atoms with van der Waals surface area (Å²) in [4.78, 5) is 14.1. The Bertz CT molecular complexity index is 365. The van der Waals surface area contributed by atoms with Crippen molar-refractivity contribution in [2.24, 2.45) is 0 Å². The third-order valence-electron chi connectivity index (χ3n) is 1.70. The Balaban J connectivity index is 2.47. The maximum absolute atomic E-state index is 10.6. The van der Waals surface area contributed by atoms with Crippen LogP contribution >= 0.6 is 15.9 Å². The fourth-order valence-electron chi connectivity index (χ4n) is 1.04. The van der Waals surface area contributed by atoms with E-state index in [1.54, 1.807) is 0 Å². The summed E-state index contributed by atoms with van der Waals surface area (Å²) >= 11 is 3.13. The second-order valence-electron chi connectivity index (χ2n) is 2.64. The summed E-state index contributed by atoms with van der Waals surface area (Å²) in [6.07, 6.45) is 1.35. The molecule has 1 aromatic rings. The lowest BCUT2D eigenvalue weighted by Gasteiger charge is -1.97. The number of halogens is 1. The molecule has 1 saturated heterocycles. The zero-order chi connectivity index (χ0) is 9.42. The molecule has 5 nitrogen and oxygen atoms in total. The maximum atomic E-state index is 10.6. The SMILES string of the molecule is O=[N+]([O-])c1cc(Br)cnc1[C@@H]1CO1. The number of epoxide rings is 1. The van der Waals surface area contributed by atoms with Crippen LogP contribution in [0, 0.1) is 10.1 Å². The van der Waals surface area contributed by atoms with Gasteiger partial charge in [-0.2, -0.15) is 0 Å². The number of nitro groups is 1. The van der Waals surface area contributed by atoms with Crippen molar-refractivity contribution in [2.75, 3.05) is 6.61 Å². The second kappa shape index (κ2) is 3.04. The summed E-state index contributed by atoms with van der Waals surface area (Å²) in [6, 6.07) is 1.43. The molecule has 0 amide bonds. The first-order valence-electron chi connectivity index (χ1n) is 3.60. The van der Waals surface area contributed by atoms with E-state index in [1.807, 2.05) is 0 Å². The van der Waals surface area contributed by atoms with Crippen LogP contribution in [0.2, 0.25) is 0 Å². The van der Waals surface area contributed by atoms with Crippen molar-refractivity contribution >= 4 is 21.6 Å². The van der Waals surface area contributed by atoms with Gasteiger partial charge >= 0.3 is 0 Å². The fraction of sp³-hybridized carbons (Fsp3) is 0.286. The maximum Gasteiger partial charge on any atom is 0.294 e. The molecule has 2 heterocycles. The fourth-order valence-corrected chi connectivity index (χ4v) is 1.36. The van der Waals surface area contributed by atoms with Crippen LogP contribution in [0.5, 0.6) is 0 Å². The smallest absolute Gasteiger partial charge is 0.294 e. The first-order chi connectivity index (χ1) is 6.18. The van der Waals surface area contributed by atoms with Crippen molar-refractivity contribution in [3.8, 4) is 0 Å². The molecule has 0 unspecified atom stereocenters. The molecule has 2 rings (SSSR count). The van der Waals surface area contributed by atoms with Gasteiger partial charge in [-0.05, 0) is 15.9 Å². The summed E-state index contributed by atoms with van der Waals surface area (Å²) in [5, 5.41) is 10.6. The molecule has 0 saturated carbocycles. The number of ether oxygens (including phenoxy) is 1. The van der Waals surface area contributed by atoms with Crippen LogP contribution in [0.3, 0.4) is 0 Å². The highest BCUT2D eigenvalue weighted by atomic mass is 79.9. The van der Waals surface area contributed by atoms with Crippen LogP contribution in [0.4, 0.5) is 5.69 Å². The van der Waals surface area contributed by atoms with Gasteiger partial charge in [0.1, 0.15) is 11.8 Å². The van der Waals surface area contributed by atoms with Gasteiger partial charge in [0, 0.05) is 16.7 Å². The van der Waals surface area contributed by atoms with E-state index in [2.05, 4.69) is 20.9 Å². The van der Waals surface area contributed by atoms with Gasteiger partial charge in [0.2, 0.25) is 0 Å². The minimum Gasteiger partial charge on any atom is -0.366 e. The topological polar surface area (TPSA) is 68.6 Å². The monoisotopic (exact) mass is 244 g/mol. The predicted molar refractivity (Wildman–Crippen MR) is 47.3 cm³/mol. The molecule has 0 radical (unpaired) electrons. The largest absolute Gasteiger partial charge is 0.366 e. The predicted octanol–water partition coefficient (Wildman–Crippen LogP) is 1.82. The number of nitrogens with zero attached hydrogens (tertiary/aromatic N) is 2. The van der Waals surface area contributed by atoms with Gasteiger partial charge in [0.15, 0.2) is 0 Å². The van der Waals surface area contributed by atoms with E-state index in [-0.39, 0.29) is 11.8 Å². The molecule has 0 spiro atoms. The Hall–Kier alpha value is -1.01. The van der Waals surface area contributed by atoms with Crippen molar-refractivity contribution < 1.29 is 9.66 Å². The molecule has 0 aromatic carbocycles. The molecule has 1 fully saturated rings. The Morgan fingerprint density at radius 1 is 1.77 bits per heavy atom. The molecule has 1 aliphatic heterocycles. The van der Waals surface area contributed by atoms with Crippen molar-refractivity contribution in [3.63, 3.8) is 0 Å². The van der Waals surface area contributed by atoms with Crippen LogP contribution < -0.4 is 0 Å². The molecule has 1 aromatic heterocycles. The van der Waals surface area contributed by atoms with Crippen molar-refractivity contribution in [2.45, 2.75) is 6.10 Å². The lowest BCUT2D eigenvalue weighted by Crippen LogP contribution is -1.97. The number of aromatic nitrogens is 1. The van der Waals surface area contributed by atoms with Crippen LogP contribution in [0.25, 0.3) is 0 Å². The standard InChI is InChI=1S/C7H5BrN2O3/c8-4-1-5(10(11)12)7(9-2-4)6-3-13-6/h1-2,6H,3H2/t6-/m0/s1. The van der Waals surface area contributed by atoms with E-state index in [9.17, 15) is 10.1 Å². The number of rotatable bonds is 2. The van der Waals surface area contributed by atoms with Crippen LogP contribution in [-0.2, 0) is 4.74 Å². The quantitative estimate of drug-likeness (QED) is 0.452. The van der Waals surface area contributed by atoms with Gasteiger partial charge < -0.3 is 4.74 Å². The van der Waals surface area contributed by atoms with Gasteiger partial charge in [-0.1, -0.05) is 0 Å². The van der Waals surface area contributed by atoms with E-state index in [1.165, 1.54) is 12.3 Å². The molecular formula is C7H5BrN2O3. The average molecular weight is 245 g/mol. The summed E-state index contributed by atoms with van der Waals surface area (Å²) in [5.41, 5.74) is 0.421. The zero-order valence-electron chi connectivity index (χ0n) is 6.44. The van der Waals surface area contributed by atoms with E-state index in [4.69, 9.17) is 4.74 Å². The van der Waals surface area contributed by atoms with E-state index in [0.717, 1.165) is 0 Å². The van der Waals surface area contributed by atoms with Gasteiger partial charge in [-0.25, -0.2) is 0 Å². The Morgan fingerprint density at radius 3 is 3.00 bits per heavy atom. The Morgan fingerprint density at radius 2 is 2.46 bits per heavy atom. The minimum absolute atomic E-state index is 0.0110. The zero-order valence-corrected chi connectivity index (χ0v) is 8.02. The van der Waals surface area contributed by atoms with E-state index < -0.39 is 4.92 Å². The third kappa shape index (κ3) is 1.68. The van der Waals surface area contributed by atoms with Crippen LogP contribution in [0.1, 0.15) is 11.8 Å². The molecule has 0 bridgehead atoms. The van der Waals surface area contributed by atoms with Gasteiger partial charge in [-0.3, -0.25) is 15.1 Å². The van der Waals surface area contributed by atoms with Gasteiger partial charge in [-0.15, -0.1) is 0 Å².